The summed E-state index contributed by atoms with van der Waals surface area (Å²) in [4.78, 5) is 26.1. The molecule has 2 aromatic rings. The number of methoxy groups -OCH3 is 1. The SMILES string of the molecule is COC(=O)[C@@H]1CCC2CC(c3c(-n4cc(C(F)(F)F)nn4)ccc(Cl)c3F)=CC(=O)N21. The van der Waals surface area contributed by atoms with Crippen LogP contribution in [-0.4, -0.2) is 51.0 Å². The Kier molecular flexibility index (Phi) is 5.24. The molecule has 2 aliphatic rings. The van der Waals surface area contributed by atoms with E-state index in [0.29, 0.717) is 19.0 Å². The van der Waals surface area contributed by atoms with Crippen LogP contribution < -0.4 is 0 Å². The van der Waals surface area contributed by atoms with E-state index in [0.717, 1.165) is 10.8 Å². The number of hydrogen-bond donors (Lipinski definition) is 0. The summed E-state index contributed by atoms with van der Waals surface area (Å²) < 4.78 is 59.4. The minimum absolute atomic E-state index is 0.0417. The van der Waals surface area contributed by atoms with Crippen LogP contribution in [0.25, 0.3) is 11.3 Å². The zero-order valence-electron chi connectivity index (χ0n) is 16.0. The zero-order valence-corrected chi connectivity index (χ0v) is 16.7. The van der Waals surface area contributed by atoms with E-state index in [4.69, 9.17) is 16.3 Å². The van der Waals surface area contributed by atoms with Crippen LogP contribution >= 0.6 is 11.6 Å². The van der Waals surface area contributed by atoms with E-state index in [1.165, 1.54) is 24.1 Å². The fourth-order valence-electron chi connectivity index (χ4n) is 4.04. The van der Waals surface area contributed by atoms with E-state index in [1.54, 1.807) is 0 Å². The Labute approximate surface area is 178 Å². The molecule has 0 N–H and O–H groups in total. The van der Waals surface area contributed by atoms with Crippen LogP contribution in [0.2, 0.25) is 5.02 Å². The minimum atomic E-state index is -4.73. The number of aromatic nitrogens is 3. The van der Waals surface area contributed by atoms with Crippen molar-refractivity contribution in [2.24, 2.45) is 0 Å². The first kappa shape index (κ1) is 21.3. The highest BCUT2D eigenvalue weighted by Gasteiger charge is 2.44. The number of rotatable bonds is 3. The van der Waals surface area contributed by atoms with Crippen LogP contribution in [0.15, 0.2) is 24.4 Å². The Morgan fingerprint density at radius 2 is 2.03 bits per heavy atom. The predicted molar refractivity (Wildman–Crippen MR) is 99.6 cm³/mol. The molecular weight excluding hydrogens is 444 g/mol. The molecule has 0 spiro atoms. The van der Waals surface area contributed by atoms with Crippen molar-refractivity contribution in [2.45, 2.75) is 37.5 Å². The van der Waals surface area contributed by atoms with Gasteiger partial charge in [-0.25, -0.2) is 13.9 Å². The molecule has 0 radical (unpaired) electrons. The minimum Gasteiger partial charge on any atom is -0.467 e. The van der Waals surface area contributed by atoms with Crippen molar-refractivity contribution in [3.05, 3.63) is 46.5 Å². The van der Waals surface area contributed by atoms with Gasteiger partial charge in [0, 0.05) is 17.7 Å². The van der Waals surface area contributed by atoms with Gasteiger partial charge in [0.15, 0.2) is 11.5 Å². The lowest BCUT2D eigenvalue weighted by atomic mass is 9.92. The Morgan fingerprint density at radius 1 is 1.29 bits per heavy atom. The number of halogens is 5. The molecule has 1 amide bonds. The number of carbonyl (C=O) groups is 2. The van der Waals surface area contributed by atoms with Gasteiger partial charge >= 0.3 is 12.1 Å². The lowest BCUT2D eigenvalue weighted by Gasteiger charge is -2.33. The molecule has 7 nitrogen and oxygen atoms in total. The molecule has 164 valence electrons. The molecule has 1 unspecified atom stereocenters. The van der Waals surface area contributed by atoms with Crippen molar-refractivity contribution in [1.82, 2.24) is 19.9 Å². The molecule has 0 bridgehead atoms. The summed E-state index contributed by atoms with van der Waals surface area (Å²) in [5.41, 5.74) is -1.18. The van der Waals surface area contributed by atoms with Gasteiger partial charge in [0.1, 0.15) is 6.04 Å². The third-order valence-electron chi connectivity index (χ3n) is 5.41. The van der Waals surface area contributed by atoms with Gasteiger partial charge in [0.2, 0.25) is 5.91 Å². The molecule has 0 saturated carbocycles. The summed E-state index contributed by atoms with van der Waals surface area (Å²) in [6, 6.07) is 1.38. The summed E-state index contributed by atoms with van der Waals surface area (Å²) in [6.45, 7) is 0. The molecule has 4 rings (SSSR count). The number of ether oxygens (including phenoxy) is 1. The Bertz CT molecular complexity index is 1100. The topological polar surface area (TPSA) is 77.3 Å². The molecule has 3 heterocycles. The lowest BCUT2D eigenvalue weighted by Crippen LogP contribution is -2.46. The van der Waals surface area contributed by atoms with Gasteiger partial charge in [-0.3, -0.25) is 4.79 Å². The van der Waals surface area contributed by atoms with Crippen LogP contribution in [0.5, 0.6) is 0 Å². The highest BCUT2D eigenvalue weighted by molar-refractivity contribution is 6.31. The van der Waals surface area contributed by atoms with Gasteiger partial charge in [-0.2, -0.15) is 13.2 Å². The second kappa shape index (κ2) is 7.63. The number of hydrogen-bond acceptors (Lipinski definition) is 5. The molecule has 1 aromatic carbocycles. The summed E-state index contributed by atoms with van der Waals surface area (Å²) in [5, 5.41) is 6.30. The Hall–Kier alpha value is -2.95. The first-order valence-electron chi connectivity index (χ1n) is 9.20. The molecule has 1 aromatic heterocycles. The van der Waals surface area contributed by atoms with E-state index in [2.05, 4.69) is 10.3 Å². The maximum absolute atomic E-state index is 15.0. The van der Waals surface area contributed by atoms with Crippen molar-refractivity contribution in [1.29, 1.82) is 0 Å². The summed E-state index contributed by atoms with van der Waals surface area (Å²) in [5.74, 6) is -1.94. The monoisotopic (exact) mass is 458 g/mol. The van der Waals surface area contributed by atoms with Gasteiger partial charge in [-0.1, -0.05) is 16.8 Å². The van der Waals surface area contributed by atoms with Crippen molar-refractivity contribution in [3.8, 4) is 5.69 Å². The van der Waals surface area contributed by atoms with E-state index < -0.39 is 35.6 Å². The normalized spacial score (nSPS) is 21.2. The quantitative estimate of drug-likeness (QED) is 0.520. The van der Waals surface area contributed by atoms with Crippen molar-refractivity contribution in [3.63, 3.8) is 0 Å². The molecule has 31 heavy (non-hydrogen) atoms. The number of amides is 1. The standard InChI is InChI=1S/C19H15ClF4N4O3/c1-31-18(30)13-4-2-10-6-9(7-15(29)28(10)13)16-12(5-3-11(20)17(16)21)27-8-14(25-26-27)19(22,23)24/h3,5,7-8,10,13H,2,4,6H2,1H3/t10?,13-/m0/s1. The molecule has 1 saturated heterocycles. The second-order valence-electron chi connectivity index (χ2n) is 7.19. The van der Waals surface area contributed by atoms with E-state index in [9.17, 15) is 22.8 Å². The Balaban J connectivity index is 1.78. The first-order chi connectivity index (χ1) is 14.6. The largest absolute Gasteiger partial charge is 0.467 e. The number of benzene rings is 1. The van der Waals surface area contributed by atoms with Gasteiger partial charge < -0.3 is 9.64 Å². The number of fused-ring (bicyclic) bond motifs is 1. The van der Waals surface area contributed by atoms with Crippen LogP contribution in [0, 0.1) is 5.82 Å². The second-order valence-corrected chi connectivity index (χ2v) is 7.60. The highest BCUT2D eigenvalue weighted by Crippen LogP contribution is 2.40. The average molecular weight is 459 g/mol. The summed E-state index contributed by atoms with van der Waals surface area (Å²) in [7, 11) is 1.23. The predicted octanol–water partition coefficient (Wildman–Crippen LogP) is 3.40. The molecule has 1 fully saturated rings. The maximum atomic E-state index is 15.0. The van der Waals surface area contributed by atoms with E-state index in [1.807, 2.05) is 0 Å². The van der Waals surface area contributed by atoms with Gasteiger partial charge in [-0.15, -0.1) is 5.10 Å². The number of nitrogens with zero attached hydrogens (tertiary/aromatic N) is 4. The van der Waals surface area contributed by atoms with Gasteiger partial charge in [-0.05, 0) is 37.0 Å². The van der Waals surface area contributed by atoms with Crippen LogP contribution in [0.4, 0.5) is 17.6 Å². The Morgan fingerprint density at radius 3 is 2.68 bits per heavy atom. The fourth-order valence-corrected chi connectivity index (χ4v) is 4.20. The first-order valence-corrected chi connectivity index (χ1v) is 9.58. The third kappa shape index (κ3) is 3.67. The van der Waals surface area contributed by atoms with Gasteiger partial charge in [0.05, 0.1) is 24.0 Å². The summed E-state index contributed by atoms with van der Waals surface area (Å²) in [6.07, 6.45) is -1.86. The summed E-state index contributed by atoms with van der Waals surface area (Å²) >= 11 is 5.92. The lowest BCUT2D eigenvalue weighted by molar-refractivity contribution is -0.150. The van der Waals surface area contributed by atoms with E-state index in [-0.39, 0.29) is 34.3 Å². The third-order valence-corrected chi connectivity index (χ3v) is 5.70. The zero-order chi connectivity index (χ0) is 22.5. The van der Waals surface area contributed by atoms with E-state index >= 15 is 4.39 Å². The molecular formula is C19H15ClF4N4O3. The average Bonchev–Trinajstić information content (AvgIpc) is 3.36. The van der Waals surface area contributed by atoms with Crippen LogP contribution in [-0.2, 0) is 20.5 Å². The number of alkyl halides is 3. The van der Waals surface area contributed by atoms with Crippen LogP contribution in [0.3, 0.4) is 0 Å². The van der Waals surface area contributed by atoms with Crippen molar-refractivity contribution >= 4 is 29.1 Å². The smallest absolute Gasteiger partial charge is 0.436 e. The fraction of sp³-hybridized carbons (Fsp3) is 0.368. The molecule has 0 aliphatic carbocycles. The maximum Gasteiger partial charge on any atom is 0.436 e. The van der Waals surface area contributed by atoms with Crippen LogP contribution in [0.1, 0.15) is 30.5 Å². The van der Waals surface area contributed by atoms with Gasteiger partial charge in [0.25, 0.3) is 0 Å². The molecule has 2 aliphatic heterocycles. The number of carbonyl (C=O) groups excluding carboxylic acids is 2. The molecule has 12 heteroatoms. The highest BCUT2D eigenvalue weighted by atomic mass is 35.5. The van der Waals surface area contributed by atoms with Crippen molar-refractivity contribution < 1.29 is 31.9 Å². The van der Waals surface area contributed by atoms with Crippen molar-refractivity contribution in [2.75, 3.05) is 7.11 Å². The molecule has 2 atom stereocenters. The number of esters is 1.